The standard InChI is InChI=1S/C15H16F2O4/c1-12(2)13(3,4)14(12,11(18)19)8-5-6-9-10(7-8)21-15(16,17)20-9/h5-7H,1-4H3,(H,18,19). The van der Waals surface area contributed by atoms with Crippen molar-refractivity contribution in [2.45, 2.75) is 39.4 Å². The molecule has 0 unspecified atom stereocenters. The summed E-state index contributed by atoms with van der Waals surface area (Å²) >= 11 is 0. The van der Waals surface area contributed by atoms with Crippen molar-refractivity contribution in [2.75, 3.05) is 0 Å². The Balaban J connectivity index is 2.13. The summed E-state index contributed by atoms with van der Waals surface area (Å²) in [5.74, 6) is -1.18. The SMILES string of the molecule is CC1(C)C(C)(C)C1(C(=O)O)c1ccc2c(c1)OC(F)(F)O2. The van der Waals surface area contributed by atoms with Crippen LogP contribution >= 0.6 is 0 Å². The zero-order valence-corrected chi connectivity index (χ0v) is 12.2. The normalized spacial score (nSPS) is 25.4. The van der Waals surface area contributed by atoms with Gasteiger partial charge in [0.25, 0.3) is 0 Å². The number of fused-ring (bicyclic) bond motifs is 1. The summed E-state index contributed by atoms with van der Waals surface area (Å²) in [6.07, 6.45) is -3.70. The summed E-state index contributed by atoms with van der Waals surface area (Å²) in [4.78, 5) is 11.9. The molecule has 21 heavy (non-hydrogen) atoms. The Morgan fingerprint density at radius 1 is 1.05 bits per heavy atom. The second-order valence-corrected chi connectivity index (χ2v) is 6.63. The predicted octanol–water partition coefficient (Wildman–Crippen LogP) is 3.40. The predicted molar refractivity (Wildman–Crippen MR) is 69.5 cm³/mol. The van der Waals surface area contributed by atoms with Crippen molar-refractivity contribution in [3.05, 3.63) is 23.8 Å². The van der Waals surface area contributed by atoms with Gasteiger partial charge in [-0.05, 0) is 28.5 Å². The maximum Gasteiger partial charge on any atom is 0.586 e. The minimum atomic E-state index is -3.70. The molecule has 0 aromatic heterocycles. The number of carboxylic acid groups (broad SMARTS) is 1. The molecule has 0 radical (unpaired) electrons. The summed E-state index contributed by atoms with van der Waals surface area (Å²) in [5.41, 5.74) is -1.72. The molecule has 114 valence electrons. The van der Waals surface area contributed by atoms with Gasteiger partial charge in [-0.15, -0.1) is 8.78 Å². The number of carbonyl (C=O) groups is 1. The minimum Gasteiger partial charge on any atom is -0.481 e. The van der Waals surface area contributed by atoms with Gasteiger partial charge in [0.1, 0.15) is 5.41 Å². The highest BCUT2D eigenvalue weighted by Crippen LogP contribution is 2.78. The average molecular weight is 298 g/mol. The van der Waals surface area contributed by atoms with Crippen LogP contribution in [-0.4, -0.2) is 17.4 Å². The van der Waals surface area contributed by atoms with Crippen LogP contribution in [0.15, 0.2) is 18.2 Å². The number of alkyl halides is 2. The first-order valence-corrected chi connectivity index (χ1v) is 6.61. The van der Waals surface area contributed by atoms with Crippen LogP contribution in [0.4, 0.5) is 8.78 Å². The zero-order valence-electron chi connectivity index (χ0n) is 12.2. The number of ether oxygens (including phenoxy) is 2. The van der Waals surface area contributed by atoms with Crippen molar-refractivity contribution in [2.24, 2.45) is 10.8 Å². The van der Waals surface area contributed by atoms with E-state index in [1.165, 1.54) is 18.2 Å². The Morgan fingerprint density at radius 2 is 1.57 bits per heavy atom. The Labute approximate surface area is 120 Å². The van der Waals surface area contributed by atoms with Gasteiger partial charge < -0.3 is 14.6 Å². The fourth-order valence-corrected chi connectivity index (χ4v) is 3.87. The highest BCUT2D eigenvalue weighted by atomic mass is 19.3. The Morgan fingerprint density at radius 3 is 2.05 bits per heavy atom. The van der Waals surface area contributed by atoms with Crippen molar-refractivity contribution in [3.63, 3.8) is 0 Å². The summed E-state index contributed by atoms with van der Waals surface area (Å²) in [6.45, 7) is 7.45. The molecular formula is C15H16F2O4. The van der Waals surface area contributed by atoms with Crippen LogP contribution in [0.3, 0.4) is 0 Å². The third kappa shape index (κ3) is 1.40. The fraction of sp³-hybridized carbons (Fsp3) is 0.533. The molecule has 1 aliphatic heterocycles. The van der Waals surface area contributed by atoms with E-state index in [1.54, 1.807) is 0 Å². The van der Waals surface area contributed by atoms with Gasteiger partial charge in [-0.1, -0.05) is 33.8 Å². The van der Waals surface area contributed by atoms with Crippen LogP contribution in [0.5, 0.6) is 11.5 Å². The number of aliphatic carboxylic acids is 1. The molecule has 2 aliphatic rings. The van der Waals surface area contributed by atoms with Crippen molar-refractivity contribution < 1.29 is 28.2 Å². The molecule has 0 saturated heterocycles. The minimum absolute atomic E-state index is 0.0828. The molecule has 0 amide bonds. The molecule has 0 atom stereocenters. The highest BCUT2D eigenvalue weighted by Gasteiger charge is 2.82. The number of benzene rings is 1. The molecule has 0 bridgehead atoms. The maximum atomic E-state index is 13.1. The molecule has 1 saturated carbocycles. The van der Waals surface area contributed by atoms with Gasteiger partial charge in [0.15, 0.2) is 11.5 Å². The third-order valence-corrected chi connectivity index (χ3v) is 5.53. The second-order valence-electron chi connectivity index (χ2n) is 6.63. The number of hydrogen-bond donors (Lipinski definition) is 1. The molecule has 0 spiro atoms. The van der Waals surface area contributed by atoms with Crippen molar-refractivity contribution in [3.8, 4) is 11.5 Å². The van der Waals surface area contributed by atoms with Crippen LogP contribution < -0.4 is 9.47 Å². The van der Waals surface area contributed by atoms with E-state index in [0.29, 0.717) is 5.56 Å². The second kappa shape index (κ2) is 3.48. The van der Waals surface area contributed by atoms with E-state index in [4.69, 9.17) is 0 Å². The number of carboxylic acids is 1. The lowest BCUT2D eigenvalue weighted by Crippen LogP contribution is -2.28. The lowest BCUT2D eigenvalue weighted by molar-refractivity contribution is -0.286. The van der Waals surface area contributed by atoms with Crippen LogP contribution in [-0.2, 0) is 10.2 Å². The molecular weight excluding hydrogens is 282 g/mol. The molecule has 1 fully saturated rings. The summed E-state index contributed by atoms with van der Waals surface area (Å²) in [7, 11) is 0. The molecule has 1 aromatic carbocycles. The monoisotopic (exact) mass is 298 g/mol. The van der Waals surface area contributed by atoms with E-state index in [9.17, 15) is 18.7 Å². The Kier molecular flexibility index (Phi) is 2.34. The van der Waals surface area contributed by atoms with Gasteiger partial charge in [0.2, 0.25) is 0 Å². The van der Waals surface area contributed by atoms with Gasteiger partial charge in [0.05, 0.1) is 0 Å². The smallest absolute Gasteiger partial charge is 0.481 e. The maximum absolute atomic E-state index is 13.1. The third-order valence-electron chi connectivity index (χ3n) is 5.53. The topological polar surface area (TPSA) is 55.8 Å². The van der Waals surface area contributed by atoms with Crippen molar-refractivity contribution >= 4 is 5.97 Å². The molecule has 4 nitrogen and oxygen atoms in total. The number of rotatable bonds is 2. The van der Waals surface area contributed by atoms with Gasteiger partial charge in [-0.25, -0.2) is 0 Å². The van der Waals surface area contributed by atoms with E-state index in [0.717, 1.165) is 0 Å². The quantitative estimate of drug-likeness (QED) is 0.909. The van der Waals surface area contributed by atoms with E-state index in [-0.39, 0.29) is 11.5 Å². The van der Waals surface area contributed by atoms with Crippen LogP contribution in [0.1, 0.15) is 33.3 Å². The van der Waals surface area contributed by atoms with E-state index in [1.807, 2.05) is 27.7 Å². The lowest BCUT2D eigenvalue weighted by atomic mass is 9.86. The zero-order chi connectivity index (χ0) is 15.8. The highest BCUT2D eigenvalue weighted by molar-refractivity contribution is 5.90. The number of hydrogen-bond acceptors (Lipinski definition) is 3. The fourth-order valence-electron chi connectivity index (χ4n) is 3.87. The average Bonchev–Trinajstić information content (AvgIpc) is 2.57. The first-order chi connectivity index (χ1) is 9.47. The molecule has 1 N–H and O–H groups in total. The van der Waals surface area contributed by atoms with Gasteiger partial charge >= 0.3 is 12.3 Å². The first-order valence-electron chi connectivity index (χ1n) is 6.61. The molecule has 1 aliphatic carbocycles. The lowest BCUT2D eigenvalue weighted by Gasteiger charge is -2.17. The summed E-state index contributed by atoms with van der Waals surface area (Å²) < 4.78 is 34.9. The van der Waals surface area contributed by atoms with Gasteiger partial charge in [0, 0.05) is 0 Å². The largest absolute Gasteiger partial charge is 0.586 e. The first kappa shape index (κ1) is 14.1. The van der Waals surface area contributed by atoms with Crippen molar-refractivity contribution in [1.29, 1.82) is 0 Å². The summed E-state index contributed by atoms with van der Waals surface area (Å²) in [6, 6.07) is 4.20. The number of halogens is 2. The molecule has 6 heteroatoms. The molecule has 1 aromatic rings. The van der Waals surface area contributed by atoms with E-state index < -0.39 is 28.5 Å². The summed E-state index contributed by atoms with van der Waals surface area (Å²) in [5, 5.41) is 9.76. The van der Waals surface area contributed by atoms with Gasteiger partial charge in [-0.3, -0.25) is 4.79 Å². The molecule has 1 heterocycles. The van der Waals surface area contributed by atoms with Crippen molar-refractivity contribution in [1.82, 2.24) is 0 Å². The van der Waals surface area contributed by atoms with Crippen LogP contribution in [0, 0.1) is 10.8 Å². The van der Waals surface area contributed by atoms with E-state index >= 15 is 0 Å². The molecule has 3 rings (SSSR count). The van der Waals surface area contributed by atoms with Gasteiger partial charge in [-0.2, -0.15) is 0 Å². The Hall–Kier alpha value is -1.85. The Bertz CT molecular complexity index is 635. The van der Waals surface area contributed by atoms with Crippen LogP contribution in [0.25, 0.3) is 0 Å². The van der Waals surface area contributed by atoms with E-state index in [2.05, 4.69) is 9.47 Å². The van der Waals surface area contributed by atoms with Crippen LogP contribution in [0.2, 0.25) is 0 Å².